The van der Waals surface area contributed by atoms with Crippen molar-refractivity contribution in [2.75, 3.05) is 5.73 Å². The number of nitrogen functional groups attached to an aromatic ring is 1. The van der Waals surface area contributed by atoms with Gasteiger partial charge in [-0.15, -0.1) is 0 Å². The molecule has 3 nitrogen and oxygen atoms in total. The van der Waals surface area contributed by atoms with Crippen LogP contribution in [-0.2, 0) is 0 Å². The first-order valence-corrected chi connectivity index (χ1v) is 5.12. The van der Waals surface area contributed by atoms with Crippen molar-refractivity contribution in [3.8, 4) is 0 Å². The van der Waals surface area contributed by atoms with E-state index in [1.54, 1.807) is 0 Å². The van der Waals surface area contributed by atoms with Crippen molar-refractivity contribution in [2.24, 2.45) is 0 Å². The number of anilines is 1. The summed E-state index contributed by atoms with van der Waals surface area (Å²) < 4.78 is 0. The first-order valence-electron chi connectivity index (χ1n) is 4.74. The number of halogens is 1. The Hall–Kier alpha value is -1.09. The molecule has 0 fully saturated rings. The molecule has 0 atom stereocenters. The molecule has 0 spiro atoms. The van der Waals surface area contributed by atoms with Gasteiger partial charge in [0.2, 0.25) is 0 Å². The maximum atomic E-state index is 5.83. The standard InChI is InChI=1S/C10H12ClN3/c11-10-8(12)9(13-6-14-10)7-4-2-1-3-5-7/h4,6H,1-3,5,12H2. The van der Waals surface area contributed by atoms with E-state index in [9.17, 15) is 0 Å². The third kappa shape index (κ3) is 1.73. The van der Waals surface area contributed by atoms with Crippen LogP contribution in [0.5, 0.6) is 0 Å². The number of nitrogens with zero attached hydrogens (tertiary/aromatic N) is 2. The van der Waals surface area contributed by atoms with Gasteiger partial charge in [0.05, 0.1) is 11.4 Å². The molecule has 2 rings (SSSR count). The van der Waals surface area contributed by atoms with E-state index < -0.39 is 0 Å². The van der Waals surface area contributed by atoms with Crippen molar-refractivity contribution >= 4 is 22.9 Å². The van der Waals surface area contributed by atoms with Crippen LogP contribution < -0.4 is 5.73 Å². The van der Waals surface area contributed by atoms with E-state index in [-0.39, 0.29) is 0 Å². The van der Waals surface area contributed by atoms with Crippen molar-refractivity contribution in [1.82, 2.24) is 9.97 Å². The van der Waals surface area contributed by atoms with Crippen LogP contribution in [-0.4, -0.2) is 9.97 Å². The van der Waals surface area contributed by atoms with Crippen LogP contribution in [0.1, 0.15) is 31.4 Å². The van der Waals surface area contributed by atoms with Crippen LogP contribution in [0.3, 0.4) is 0 Å². The lowest BCUT2D eigenvalue weighted by molar-refractivity contribution is 0.740. The van der Waals surface area contributed by atoms with Gasteiger partial charge in [-0.2, -0.15) is 0 Å². The van der Waals surface area contributed by atoms with Gasteiger partial charge in [-0.3, -0.25) is 0 Å². The van der Waals surface area contributed by atoms with Gasteiger partial charge < -0.3 is 5.73 Å². The quantitative estimate of drug-likeness (QED) is 0.724. The number of hydrogen-bond donors (Lipinski definition) is 1. The number of rotatable bonds is 1. The highest BCUT2D eigenvalue weighted by molar-refractivity contribution is 6.32. The molecule has 0 saturated carbocycles. The SMILES string of the molecule is Nc1c(Cl)ncnc1C1=CCCCC1. The molecule has 1 heterocycles. The summed E-state index contributed by atoms with van der Waals surface area (Å²) in [4.78, 5) is 8.01. The Kier molecular flexibility index (Phi) is 2.68. The van der Waals surface area contributed by atoms with Crippen molar-refractivity contribution in [1.29, 1.82) is 0 Å². The second-order valence-electron chi connectivity index (χ2n) is 3.40. The smallest absolute Gasteiger partial charge is 0.155 e. The first-order chi connectivity index (χ1) is 6.79. The summed E-state index contributed by atoms with van der Waals surface area (Å²) in [6, 6.07) is 0. The second kappa shape index (κ2) is 3.96. The molecule has 0 bridgehead atoms. The predicted molar refractivity (Wildman–Crippen MR) is 57.9 cm³/mol. The summed E-state index contributed by atoms with van der Waals surface area (Å²) >= 11 is 5.83. The predicted octanol–water partition coefficient (Wildman–Crippen LogP) is 2.67. The Morgan fingerprint density at radius 1 is 1.29 bits per heavy atom. The van der Waals surface area contributed by atoms with E-state index in [1.807, 2.05) is 0 Å². The first kappa shape index (κ1) is 9.46. The zero-order chi connectivity index (χ0) is 9.97. The fourth-order valence-electron chi connectivity index (χ4n) is 1.68. The van der Waals surface area contributed by atoms with E-state index in [0.717, 1.165) is 18.5 Å². The summed E-state index contributed by atoms with van der Waals surface area (Å²) in [6.07, 6.45) is 8.26. The monoisotopic (exact) mass is 209 g/mol. The third-order valence-corrected chi connectivity index (χ3v) is 2.73. The maximum absolute atomic E-state index is 5.83. The molecule has 74 valence electrons. The summed E-state index contributed by atoms with van der Waals surface area (Å²) in [6.45, 7) is 0. The van der Waals surface area contributed by atoms with Gasteiger partial charge in [-0.25, -0.2) is 9.97 Å². The number of hydrogen-bond acceptors (Lipinski definition) is 3. The van der Waals surface area contributed by atoms with Crippen LogP contribution in [0.2, 0.25) is 5.15 Å². The number of allylic oxidation sites excluding steroid dienone is 2. The van der Waals surface area contributed by atoms with Crippen LogP contribution >= 0.6 is 11.6 Å². The highest BCUT2D eigenvalue weighted by Gasteiger charge is 2.12. The molecule has 1 aromatic rings. The second-order valence-corrected chi connectivity index (χ2v) is 3.76. The van der Waals surface area contributed by atoms with E-state index in [4.69, 9.17) is 17.3 Å². The lowest BCUT2D eigenvalue weighted by atomic mass is 9.96. The van der Waals surface area contributed by atoms with E-state index >= 15 is 0 Å². The molecular formula is C10H12ClN3. The van der Waals surface area contributed by atoms with Gasteiger partial charge in [-0.05, 0) is 31.3 Å². The average Bonchev–Trinajstić information content (AvgIpc) is 2.23. The van der Waals surface area contributed by atoms with Crippen molar-refractivity contribution < 1.29 is 0 Å². The summed E-state index contributed by atoms with van der Waals surface area (Å²) in [5.74, 6) is 0. The molecule has 2 N–H and O–H groups in total. The zero-order valence-corrected chi connectivity index (χ0v) is 8.59. The highest BCUT2D eigenvalue weighted by atomic mass is 35.5. The molecule has 0 aromatic carbocycles. The van der Waals surface area contributed by atoms with Crippen molar-refractivity contribution in [3.05, 3.63) is 23.3 Å². The Balaban J connectivity index is 2.40. The Bertz CT molecular complexity index is 374. The van der Waals surface area contributed by atoms with E-state index in [0.29, 0.717) is 10.8 Å². The minimum Gasteiger partial charge on any atom is -0.394 e. The van der Waals surface area contributed by atoms with Gasteiger partial charge in [0, 0.05) is 0 Å². The van der Waals surface area contributed by atoms with Crippen molar-refractivity contribution in [3.63, 3.8) is 0 Å². The summed E-state index contributed by atoms with van der Waals surface area (Å²) in [7, 11) is 0. The van der Waals surface area contributed by atoms with Crippen LogP contribution in [0.25, 0.3) is 5.57 Å². The Morgan fingerprint density at radius 3 is 2.86 bits per heavy atom. The third-order valence-electron chi connectivity index (χ3n) is 2.43. The highest BCUT2D eigenvalue weighted by Crippen LogP contribution is 2.30. The lowest BCUT2D eigenvalue weighted by Crippen LogP contribution is -2.02. The molecule has 0 amide bonds. The van der Waals surface area contributed by atoms with Gasteiger partial charge in [-0.1, -0.05) is 17.7 Å². The van der Waals surface area contributed by atoms with Gasteiger partial charge in [0.25, 0.3) is 0 Å². The molecule has 1 aromatic heterocycles. The molecule has 0 aliphatic heterocycles. The number of aromatic nitrogens is 2. The minimum absolute atomic E-state index is 0.349. The largest absolute Gasteiger partial charge is 0.394 e. The molecule has 4 heteroatoms. The average molecular weight is 210 g/mol. The van der Waals surface area contributed by atoms with Crippen LogP contribution in [0.4, 0.5) is 5.69 Å². The van der Waals surface area contributed by atoms with Gasteiger partial charge >= 0.3 is 0 Å². The Morgan fingerprint density at radius 2 is 2.14 bits per heavy atom. The van der Waals surface area contributed by atoms with E-state index in [2.05, 4.69) is 16.0 Å². The van der Waals surface area contributed by atoms with Crippen LogP contribution in [0, 0.1) is 0 Å². The van der Waals surface area contributed by atoms with Gasteiger partial charge in [0.15, 0.2) is 5.15 Å². The molecule has 0 saturated heterocycles. The molecule has 0 radical (unpaired) electrons. The topological polar surface area (TPSA) is 51.8 Å². The van der Waals surface area contributed by atoms with E-state index in [1.165, 1.54) is 24.7 Å². The zero-order valence-electron chi connectivity index (χ0n) is 7.83. The number of nitrogens with two attached hydrogens (primary N) is 1. The lowest BCUT2D eigenvalue weighted by Gasteiger charge is -2.13. The minimum atomic E-state index is 0.349. The fraction of sp³-hybridized carbons (Fsp3) is 0.400. The summed E-state index contributed by atoms with van der Waals surface area (Å²) in [5, 5.41) is 0.349. The molecule has 0 unspecified atom stereocenters. The maximum Gasteiger partial charge on any atom is 0.155 e. The molecule has 1 aliphatic carbocycles. The van der Waals surface area contributed by atoms with Crippen molar-refractivity contribution in [2.45, 2.75) is 25.7 Å². The molecule has 14 heavy (non-hydrogen) atoms. The summed E-state index contributed by atoms with van der Waals surface area (Å²) in [5.41, 5.74) is 8.33. The normalized spacial score (nSPS) is 16.5. The van der Waals surface area contributed by atoms with Crippen LogP contribution in [0.15, 0.2) is 12.4 Å². The Labute approximate surface area is 88.0 Å². The molecular weight excluding hydrogens is 198 g/mol. The van der Waals surface area contributed by atoms with Gasteiger partial charge in [0.1, 0.15) is 6.33 Å². The fourth-order valence-corrected chi connectivity index (χ4v) is 1.82. The molecule has 1 aliphatic rings.